The Bertz CT molecular complexity index is 789. The smallest absolute Gasteiger partial charge is 0.317 e. The van der Waals surface area contributed by atoms with Crippen molar-refractivity contribution in [3.8, 4) is 0 Å². The first-order valence-electron chi connectivity index (χ1n) is 7.92. The van der Waals surface area contributed by atoms with E-state index < -0.39 is 0 Å². The van der Waals surface area contributed by atoms with Crippen molar-refractivity contribution in [3.63, 3.8) is 0 Å². The summed E-state index contributed by atoms with van der Waals surface area (Å²) >= 11 is 6.18. The van der Waals surface area contributed by atoms with Gasteiger partial charge in [0.05, 0.1) is 6.54 Å². The van der Waals surface area contributed by atoms with E-state index in [1.165, 1.54) is 12.1 Å². The monoisotopic (exact) mass is 349 g/mol. The van der Waals surface area contributed by atoms with Crippen molar-refractivity contribution in [1.29, 1.82) is 0 Å². The van der Waals surface area contributed by atoms with Gasteiger partial charge in [0, 0.05) is 30.1 Å². The van der Waals surface area contributed by atoms with E-state index in [0.717, 1.165) is 24.2 Å². The van der Waals surface area contributed by atoms with Crippen LogP contribution in [-0.4, -0.2) is 38.8 Å². The Morgan fingerprint density at radius 3 is 2.96 bits per heavy atom. The topological polar surface area (TPSA) is 63.1 Å². The second kappa shape index (κ2) is 5.73. The molecule has 2 aliphatic rings. The lowest BCUT2D eigenvalue weighted by Crippen LogP contribution is -2.46. The minimum absolute atomic E-state index is 0.117. The predicted molar refractivity (Wildman–Crippen MR) is 86.2 cm³/mol. The maximum Gasteiger partial charge on any atom is 0.317 e. The standard InChI is InChI=1S/C16H17ClFN5O/c17-13-7-11(18)1-2-12(13)16(3-4-16)9-19-15(24)22-5-6-23-10-20-21-14(23)8-22/h1-2,7,10H,3-6,8-9H2,(H,19,24). The lowest BCUT2D eigenvalue weighted by molar-refractivity contribution is 0.181. The molecule has 0 atom stereocenters. The fourth-order valence-corrected chi connectivity index (χ4v) is 3.58. The van der Waals surface area contributed by atoms with Gasteiger partial charge < -0.3 is 14.8 Å². The number of hydrogen-bond donors (Lipinski definition) is 1. The van der Waals surface area contributed by atoms with Gasteiger partial charge in [-0.25, -0.2) is 9.18 Å². The Morgan fingerprint density at radius 1 is 1.38 bits per heavy atom. The van der Waals surface area contributed by atoms with Gasteiger partial charge in [-0.15, -0.1) is 10.2 Å². The molecule has 1 fully saturated rings. The highest BCUT2D eigenvalue weighted by atomic mass is 35.5. The number of rotatable bonds is 3. The van der Waals surface area contributed by atoms with Crippen LogP contribution in [-0.2, 0) is 18.5 Å². The van der Waals surface area contributed by atoms with Crippen LogP contribution in [0.1, 0.15) is 24.2 Å². The highest BCUT2D eigenvalue weighted by Gasteiger charge is 2.46. The van der Waals surface area contributed by atoms with E-state index in [-0.39, 0.29) is 17.3 Å². The SMILES string of the molecule is O=C(NCC1(c2ccc(F)cc2Cl)CC1)N1CCn2cnnc2C1. The molecule has 2 heterocycles. The van der Waals surface area contributed by atoms with Crippen LogP contribution in [0.4, 0.5) is 9.18 Å². The van der Waals surface area contributed by atoms with Gasteiger partial charge >= 0.3 is 6.03 Å². The van der Waals surface area contributed by atoms with Gasteiger partial charge in [0.15, 0.2) is 5.82 Å². The number of halogens is 2. The predicted octanol–water partition coefficient (Wildman–Crippen LogP) is 2.33. The molecule has 126 valence electrons. The molecule has 2 amide bonds. The molecule has 1 N–H and O–H groups in total. The van der Waals surface area contributed by atoms with Crippen molar-refractivity contribution in [1.82, 2.24) is 25.0 Å². The first kappa shape index (κ1) is 15.4. The van der Waals surface area contributed by atoms with Crippen LogP contribution >= 0.6 is 11.6 Å². The number of nitrogens with zero attached hydrogens (tertiary/aromatic N) is 4. The molecule has 0 spiro atoms. The van der Waals surface area contributed by atoms with Crippen molar-refractivity contribution in [2.45, 2.75) is 31.3 Å². The minimum atomic E-state index is -0.346. The molecule has 1 aliphatic heterocycles. The van der Waals surface area contributed by atoms with Gasteiger partial charge in [-0.1, -0.05) is 17.7 Å². The van der Waals surface area contributed by atoms with Crippen LogP contribution < -0.4 is 5.32 Å². The van der Waals surface area contributed by atoms with Gasteiger partial charge in [-0.3, -0.25) is 0 Å². The zero-order chi connectivity index (χ0) is 16.7. The van der Waals surface area contributed by atoms with E-state index in [0.29, 0.717) is 31.2 Å². The molecule has 24 heavy (non-hydrogen) atoms. The maximum atomic E-state index is 13.2. The number of nitrogens with one attached hydrogen (secondary N) is 1. The normalized spacial score (nSPS) is 18.2. The van der Waals surface area contributed by atoms with Gasteiger partial charge in [-0.05, 0) is 30.5 Å². The minimum Gasteiger partial charge on any atom is -0.337 e. The molecule has 6 nitrogen and oxygen atoms in total. The van der Waals surface area contributed by atoms with Crippen LogP contribution in [0.25, 0.3) is 0 Å². The number of carbonyl (C=O) groups is 1. The summed E-state index contributed by atoms with van der Waals surface area (Å²) in [4.78, 5) is 14.2. The van der Waals surface area contributed by atoms with Gasteiger partial charge in [0.25, 0.3) is 0 Å². The summed E-state index contributed by atoms with van der Waals surface area (Å²) in [5.41, 5.74) is 0.736. The Balaban J connectivity index is 1.41. The Labute approximate surface area is 143 Å². The fraction of sp³-hybridized carbons (Fsp3) is 0.438. The third kappa shape index (κ3) is 2.73. The first-order valence-corrected chi connectivity index (χ1v) is 8.30. The molecule has 1 saturated carbocycles. The summed E-state index contributed by atoms with van der Waals surface area (Å²) in [6, 6.07) is 4.35. The molecule has 0 unspecified atom stereocenters. The van der Waals surface area contributed by atoms with Crippen LogP contribution in [0.5, 0.6) is 0 Å². The Morgan fingerprint density at radius 2 is 2.21 bits per heavy atom. The maximum absolute atomic E-state index is 13.2. The van der Waals surface area contributed by atoms with Crippen LogP contribution in [0.15, 0.2) is 24.5 Å². The quantitative estimate of drug-likeness (QED) is 0.925. The second-order valence-corrected chi connectivity index (χ2v) is 6.83. The van der Waals surface area contributed by atoms with Crippen molar-refractivity contribution < 1.29 is 9.18 Å². The second-order valence-electron chi connectivity index (χ2n) is 6.43. The molecular weight excluding hydrogens is 333 g/mol. The zero-order valence-electron chi connectivity index (χ0n) is 13.0. The summed E-state index contributed by atoms with van der Waals surface area (Å²) in [5, 5.41) is 11.3. The van der Waals surface area contributed by atoms with E-state index >= 15 is 0 Å². The number of amides is 2. The molecule has 1 aromatic heterocycles. The van der Waals surface area contributed by atoms with Gasteiger partial charge in [0.1, 0.15) is 12.1 Å². The number of aromatic nitrogens is 3. The van der Waals surface area contributed by atoms with Crippen LogP contribution in [0, 0.1) is 5.82 Å². The number of carbonyl (C=O) groups excluding carboxylic acids is 1. The highest BCUT2D eigenvalue weighted by molar-refractivity contribution is 6.31. The van der Waals surface area contributed by atoms with Gasteiger partial charge in [0.2, 0.25) is 0 Å². The van der Waals surface area contributed by atoms with Crippen molar-refractivity contribution in [3.05, 3.63) is 46.8 Å². The molecule has 0 saturated heterocycles. The zero-order valence-corrected chi connectivity index (χ0v) is 13.8. The summed E-state index contributed by atoms with van der Waals surface area (Å²) < 4.78 is 15.2. The van der Waals surface area contributed by atoms with E-state index in [2.05, 4.69) is 15.5 Å². The average molecular weight is 350 g/mol. The van der Waals surface area contributed by atoms with Crippen LogP contribution in [0.3, 0.4) is 0 Å². The molecule has 4 rings (SSSR count). The summed E-state index contributed by atoms with van der Waals surface area (Å²) in [5.74, 6) is 0.445. The first-order chi connectivity index (χ1) is 11.6. The molecular formula is C16H17ClFN5O. The van der Waals surface area contributed by atoms with Gasteiger partial charge in [-0.2, -0.15) is 0 Å². The number of hydrogen-bond acceptors (Lipinski definition) is 3. The van der Waals surface area contributed by atoms with E-state index in [1.54, 1.807) is 17.3 Å². The largest absolute Gasteiger partial charge is 0.337 e. The third-order valence-electron chi connectivity index (χ3n) is 4.86. The van der Waals surface area contributed by atoms with Crippen molar-refractivity contribution >= 4 is 17.6 Å². The molecule has 0 bridgehead atoms. The molecule has 0 radical (unpaired) electrons. The molecule has 2 aromatic rings. The fourth-order valence-electron chi connectivity index (χ4n) is 3.21. The molecule has 1 aromatic carbocycles. The number of benzene rings is 1. The van der Waals surface area contributed by atoms with Crippen molar-refractivity contribution in [2.75, 3.05) is 13.1 Å². The Hall–Kier alpha value is -2.15. The van der Waals surface area contributed by atoms with E-state index in [9.17, 15) is 9.18 Å². The molecule has 1 aliphatic carbocycles. The Kier molecular flexibility index (Phi) is 3.68. The highest BCUT2D eigenvalue weighted by Crippen LogP contribution is 2.50. The number of fused-ring (bicyclic) bond motifs is 1. The number of urea groups is 1. The van der Waals surface area contributed by atoms with E-state index in [4.69, 9.17) is 11.6 Å². The van der Waals surface area contributed by atoms with Crippen LogP contribution in [0.2, 0.25) is 5.02 Å². The summed E-state index contributed by atoms with van der Waals surface area (Å²) in [6.45, 7) is 2.28. The van der Waals surface area contributed by atoms with E-state index in [1.807, 2.05) is 4.57 Å². The third-order valence-corrected chi connectivity index (χ3v) is 5.17. The average Bonchev–Trinajstić information content (AvgIpc) is 3.20. The lowest BCUT2D eigenvalue weighted by atomic mass is 9.96. The summed E-state index contributed by atoms with van der Waals surface area (Å²) in [7, 11) is 0. The molecule has 8 heteroatoms. The summed E-state index contributed by atoms with van der Waals surface area (Å²) in [6.07, 6.45) is 3.56. The van der Waals surface area contributed by atoms with Crippen molar-refractivity contribution in [2.24, 2.45) is 0 Å². The lowest BCUT2D eigenvalue weighted by Gasteiger charge is -2.28.